The van der Waals surface area contributed by atoms with E-state index in [0.29, 0.717) is 18.6 Å². The standard InChI is InChI=1S/C12H21NO3Si/c1-11(2)12(14)15-8-9-16-17(3,4)10-6-5-7-13/h1,5-6,8-10H2,2-4H3. The maximum Gasteiger partial charge on any atom is 0.333 e. The molecule has 0 fully saturated rings. The van der Waals surface area contributed by atoms with E-state index in [1.165, 1.54) is 0 Å². The number of nitriles is 1. The molecule has 96 valence electrons. The summed E-state index contributed by atoms with van der Waals surface area (Å²) in [4.78, 5) is 11.1. The van der Waals surface area contributed by atoms with Crippen LogP contribution in [0.4, 0.5) is 0 Å². The largest absolute Gasteiger partial charge is 0.460 e. The van der Waals surface area contributed by atoms with Crippen LogP contribution in [0.1, 0.15) is 19.8 Å². The van der Waals surface area contributed by atoms with Crippen LogP contribution in [-0.2, 0) is 14.0 Å². The van der Waals surface area contributed by atoms with Crippen molar-refractivity contribution in [2.45, 2.75) is 38.9 Å². The fourth-order valence-corrected chi connectivity index (χ4v) is 3.05. The summed E-state index contributed by atoms with van der Waals surface area (Å²) in [5.41, 5.74) is 0.399. The van der Waals surface area contributed by atoms with Crippen LogP contribution in [0, 0.1) is 11.3 Å². The minimum Gasteiger partial charge on any atom is -0.460 e. The molecule has 4 nitrogen and oxygen atoms in total. The summed E-state index contributed by atoms with van der Waals surface area (Å²) in [6.07, 6.45) is 1.45. The van der Waals surface area contributed by atoms with E-state index in [9.17, 15) is 4.79 Å². The lowest BCUT2D eigenvalue weighted by Gasteiger charge is -2.22. The van der Waals surface area contributed by atoms with Crippen molar-refractivity contribution in [3.8, 4) is 6.07 Å². The van der Waals surface area contributed by atoms with Gasteiger partial charge in [-0.2, -0.15) is 5.26 Å². The molecule has 0 unspecified atom stereocenters. The molecular weight excluding hydrogens is 234 g/mol. The molecule has 0 N–H and O–H groups in total. The fourth-order valence-electron chi connectivity index (χ4n) is 1.24. The van der Waals surface area contributed by atoms with Crippen LogP contribution in [0.2, 0.25) is 19.1 Å². The van der Waals surface area contributed by atoms with Gasteiger partial charge in [-0.3, -0.25) is 0 Å². The molecule has 0 aromatic carbocycles. The number of hydrogen-bond donors (Lipinski definition) is 0. The summed E-state index contributed by atoms with van der Waals surface area (Å²) < 4.78 is 10.7. The van der Waals surface area contributed by atoms with Crippen molar-refractivity contribution in [1.82, 2.24) is 0 Å². The van der Waals surface area contributed by atoms with Gasteiger partial charge in [0.05, 0.1) is 12.7 Å². The first-order valence-electron chi connectivity index (χ1n) is 5.72. The van der Waals surface area contributed by atoms with Crippen molar-refractivity contribution < 1.29 is 14.0 Å². The molecular formula is C12H21NO3Si. The second-order valence-corrected chi connectivity index (χ2v) is 8.84. The molecule has 0 spiro atoms. The Bertz CT molecular complexity index is 307. The van der Waals surface area contributed by atoms with E-state index in [0.717, 1.165) is 12.5 Å². The van der Waals surface area contributed by atoms with Gasteiger partial charge < -0.3 is 9.16 Å². The van der Waals surface area contributed by atoms with E-state index in [1.54, 1.807) is 6.92 Å². The number of ether oxygens (including phenoxy) is 1. The maximum absolute atomic E-state index is 11.1. The number of rotatable bonds is 8. The first kappa shape index (κ1) is 15.9. The third kappa shape index (κ3) is 8.66. The predicted molar refractivity (Wildman–Crippen MR) is 68.9 cm³/mol. The smallest absolute Gasteiger partial charge is 0.333 e. The monoisotopic (exact) mass is 255 g/mol. The lowest BCUT2D eigenvalue weighted by Crippen LogP contribution is -2.31. The van der Waals surface area contributed by atoms with Crippen LogP contribution in [-0.4, -0.2) is 27.5 Å². The van der Waals surface area contributed by atoms with Gasteiger partial charge in [0, 0.05) is 12.0 Å². The minimum atomic E-state index is -1.70. The molecule has 0 rings (SSSR count). The molecule has 17 heavy (non-hydrogen) atoms. The van der Waals surface area contributed by atoms with E-state index >= 15 is 0 Å². The van der Waals surface area contributed by atoms with Gasteiger partial charge in [-0.1, -0.05) is 6.58 Å². The van der Waals surface area contributed by atoms with Crippen molar-refractivity contribution in [3.05, 3.63) is 12.2 Å². The lowest BCUT2D eigenvalue weighted by atomic mass is 10.4. The second-order valence-electron chi connectivity index (χ2n) is 4.54. The quantitative estimate of drug-likeness (QED) is 0.289. The number of hydrogen-bond acceptors (Lipinski definition) is 4. The third-order valence-electron chi connectivity index (χ3n) is 2.23. The lowest BCUT2D eigenvalue weighted by molar-refractivity contribution is -0.139. The SMILES string of the molecule is C=C(C)C(=O)OCCO[Si](C)(C)CCCC#N. The number of unbranched alkanes of at least 4 members (excludes halogenated alkanes) is 1. The molecule has 0 radical (unpaired) electrons. The molecule has 0 aliphatic heterocycles. The molecule has 0 saturated heterocycles. The Morgan fingerprint density at radius 1 is 1.41 bits per heavy atom. The number of nitrogens with zero attached hydrogens (tertiary/aromatic N) is 1. The Kier molecular flexibility index (Phi) is 7.51. The number of carbonyl (C=O) groups is 1. The molecule has 0 aliphatic rings. The first-order chi connectivity index (χ1) is 7.89. The summed E-state index contributed by atoms with van der Waals surface area (Å²) >= 11 is 0. The molecule has 5 heteroatoms. The highest BCUT2D eigenvalue weighted by Crippen LogP contribution is 2.14. The number of esters is 1. The predicted octanol–water partition coefficient (Wildman–Crippen LogP) is 2.63. The minimum absolute atomic E-state index is 0.264. The highest BCUT2D eigenvalue weighted by molar-refractivity contribution is 6.71. The van der Waals surface area contributed by atoms with Crippen LogP contribution in [0.15, 0.2) is 12.2 Å². The van der Waals surface area contributed by atoms with E-state index in [4.69, 9.17) is 14.4 Å². The van der Waals surface area contributed by atoms with E-state index in [1.807, 2.05) is 0 Å². The van der Waals surface area contributed by atoms with Gasteiger partial charge in [0.15, 0.2) is 8.32 Å². The van der Waals surface area contributed by atoms with Gasteiger partial charge in [-0.05, 0) is 32.5 Å². The van der Waals surface area contributed by atoms with E-state index < -0.39 is 8.32 Å². The Hall–Kier alpha value is -1.12. The highest BCUT2D eigenvalue weighted by Gasteiger charge is 2.21. The molecule has 0 aromatic rings. The van der Waals surface area contributed by atoms with Gasteiger partial charge in [-0.25, -0.2) is 4.79 Å². The molecule has 0 atom stereocenters. The zero-order chi connectivity index (χ0) is 13.3. The zero-order valence-electron chi connectivity index (χ0n) is 10.9. The maximum atomic E-state index is 11.1. The Labute approximate surface area is 104 Å². The molecule has 0 heterocycles. The summed E-state index contributed by atoms with van der Waals surface area (Å²) in [6, 6.07) is 3.08. The fraction of sp³-hybridized carbons (Fsp3) is 0.667. The van der Waals surface area contributed by atoms with E-state index in [2.05, 4.69) is 25.7 Å². The van der Waals surface area contributed by atoms with Crippen molar-refractivity contribution in [2.24, 2.45) is 0 Å². The molecule has 0 amide bonds. The van der Waals surface area contributed by atoms with Crippen molar-refractivity contribution in [2.75, 3.05) is 13.2 Å². The van der Waals surface area contributed by atoms with Crippen LogP contribution in [0.3, 0.4) is 0 Å². The van der Waals surface area contributed by atoms with E-state index in [-0.39, 0.29) is 12.6 Å². The van der Waals surface area contributed by atoms with Crippen LogP contribution >= 0.6 is 0 Å². The van der Waals surface area contributed by atoms with Gasteiger partial charge in [0.25, 0.3) is 0 Å². The Balaban J connectivity index is 3.69. The molecule has 0 saturated carbocycles. The summed E-state index contributed by atoms with van der Waals surface area (Å²) in [5.74, 6) is -0.377. The van der Waals surface area contributed by atoms with Gasteiger partial charge in [-0.15, -0.1) is 0 Å². The second kappa shape index (κ2) is 8.04. The van der Waals surface area contributed by atoms with Crippen LogP contribution in [0.5, 0.6) is 0 Å². The van der Waals surface area contributed by atoms with Gasteiger partial charge >= 0.3 is 5.97 Å². The summed E-state index contributed by atoms with van der Waals surface area (Å²) in [6.45, 7) is 10.00. The first-order valence-corrected chi connectivity index (χ1v) is 8.84. The van der Waals surface area contributed by atoms with Crippen molar-refractivity contribution in [1.29, 1.82) is 5.26 Å². The topological polar surface area (TPSA) is 59.3 Å². The van der Waals surface area contributed by atoms with Crippen LogP contribution in [0.25, 0.3) is 0 Å². The Morgan fingerprint density at radius 3 is 2.59 bits per heavy atom. The average Bonchev–Trinajstić information content (AvgIpc) is 2.24. The summed E-state index contributed by atoms with van der Waals surface area (Å²) in [7, 11) is -1.70. The highest BCUT2D eigenvalue weighted by atomic mass is 28.4. The average molecular weight is 255 g/mol. The molecule has 0 aromatic heterocycles. The van der Waals surface area contributed by atoms with Crippen molar-refractivity contribution >= 4 is 14.3 Å². The normalized spacial score (nSPS) is 10.7. The van der Waals surface area contributed by atoms with Gasteiger partial charge in [0.1, 0.15) is 6.61 Å². The van der Waals surface area contributed by atoms with Gasteiger partial charge in [0.2, 0.25) is 0 Å². The number of carbonyl (C=O) groups excluding carboxylic acids is 1. The van der Waals surface area contributed by atoms with Crippen LogP contribution < -0.4 is 0 Å². The van der Waals surface area contributed by atoms with Crippen molar-refractivity contribution in [3.63, 3.8) is 0 Å². The molecule has 0 bridgehead atoms. The molecule has 0 aliphatic carbocycles. The third-order valence-corrected chi connectivity index (χ3v) is 4.77. The summed E-state index contributed by atoms with van der Waals surface area (Å²) in [5, 5.41) is 8.45. The zero-order valence-corrected chi connectivity index (χ0v) is 11.9. The Morgan fingerprint density at radius 2 is 2.06 bits per heavy atom.